The van der Waals surface area contributed by atoms with Crippen molar-refractivity contribution in [2.45, 2.75) is 6.10 Å². The van der Waals surface area contributed by atoms with Crippen LogP contribution in [0.1, 0.15) is 0 Å². The summed E-state index contributed by atoms with van der Waals surface area (Å²) in [5.41, 5.74) is 0. The number of nitrogens with zero attached hydrogens (tertiary/aromatic N) is 1. The van der Waals surface area contributed by atoms with Crippen LogP contribution < -0.4 is 5.84 Å². The number of hydrogen-bond acceptors (Lipinski definition) is 4. The Labute approximate surface area is 52.0 Å². The Bertz CT molecular complexity index is 127. The molecular weight excluding hydrogens is 124 g/mol. The lowest BCUT2D eigenvalue weighted by atomic mass is 10.4. The van der Waals surface area contributed by atoms with Crippen molar-refractivity contribution >= 4 is 6.09 Å². The molecular formula is C4H8N2O3. The first-order chi connectivity index (χ1) is 4.24. The Morgan fingerprint density at radius 3 is 2.89 bits per heavy atom. The fourth-order valence-electron chi connectivity index (χ4n) is 0.636. The van der Waals surface area contributed by atoms with Gasteiger partial charge in [0, 0.05) is 0 Å². The molecule has 1 aliphatic heterocycles. The Morgan fingerprint density at radius 2 is 2.67 bits per heavy atom. The molecule has 0 aromatic heterocycles. The first-order valence-corrected chi connectivity index (χ1v) is 2.57. The minimum Gasteiger partial charge on any atom is -0.441 e. The van der Waals surface area contributed by atoms with Crippen LogP contribution in [-0.4, -0.2) is 35.5 Å². The smallest absolute Gasteiger partial charge is 0.424 e. The van der Waals surface area contributed by atoms with E-state index in [9.17, 15) is 4.79 Å². The number of carbonyl (C=O) groups is 1. The number of hydrogen-bond donors (Lipinski definition) is 2. The van der Waals surface area contributed by atoms with Crippen LogP contribution in [0.4, 0.5) is 4.79 Å². The van der Waals surface area contributed by atoms with Gasteiger partial charge in [0.05, 0.1) is 13.2 Å². The summed E-state index contributed by atoms with van der Waals surface area (Å²) in [6.45, 7) is 0.106. The highest BCUT2D eigenvalue weighted by Gasteiger charge is 2.27. The molecule has 0 aromatic rings. The van der Waals surface area contributed by atoms with E-state index in [-0.39, 0.29) is 13.2 Å². The van der Waals surface area contributed by atoms with Crippen LogP contribution in [0, 0.1) is 0 Å². The van der Waals surface area contributed by atoms with Crippen LogP contribution in [-0.2, 0) is 4.74 Å². The normalized spacial score (nSPS) is 26.7. The summed E-state index contributed by atoms with van der Waals surface area (Å²) >= 11 is 0. The fraction of sp³-hybridized carbons (Fsp3) is 0.750. The molecule has 0 unspecified atom stereocenters. The van der Waals surface area contributed by atoms with E-state index in [0.29, 0.717) is 0 Å². The average molecular weight is 132 g/mol. The van der Waals surface area contributed by atoms with Crippen molar-refractivity contribution < 1.29 is 14.6 Å². The van der Waals surface area contributed by atoms with E-state index in [1.165, 1.54) is 0 Å². The van der Waals surface area contributed by atoms with E-state index in [0.717, 1.165) is 5.01 Å². The van der Waals surface area contributed by atoms with Gasteiger partial charge < -0.3 is 9.84 Å². The predicted molar refractivity (Wildman–Crippen MR) is 28.2 cm³/mol. The first kappa shape index (κ1) is 6.31. The highest BCUT2D eigenvalue weighted by atomic mass is 16.6. The SMILES string of the molecule is NN1C[C@@H](CO)OC1=O. The van der Waals surface area contributed by atoms with Gasteiger partial charge in [-0.2, -0.15) is 0 Å². The molecule has 0 bridgehead atoms. The lowest BCUT2D eigenvalue weighted by Crippen LogP contribution is -2.32. The molecule has 1 fully saturated rings. The number of nitrogens with two attached hydrogens (primary N) is 1. The second-order valence-electron chi connectivity index (χ2n) is 1.84. The molecule has 1 aliphatic rings. The molecule has 5 heteroatoms. The largest absolute Gasteiger partial charge is 0.441 e. The zero-order valence-corrected chi connectivity index (χ0v) is 4.78. The van der Waals surface area contributed by atoms with Crippen LogP contribution in [0.5, 0.6) is 0 Å². The van der Waals surface area contributed by atoms with Gasteiger partial charge >= 0.3 is 6.09 Å². The molecule has 0 spiro atoms. The van der Waals surface area contributed by atoms with Gasteiger partial charge in [-0.1, -0.05) is 0 Å². The minimum atomic E-state index is -0.575. The van der Waals surface area contributed by atoms with Crippen molar-refractivity contribution in [1.82, 2.24) is 5.01 Å². The zero-order chi connectivity index (χ0) is 6.85. The standard InChI is InChI=1S/C4H8N2O3/c5-6-1-3(2-7)9-4(6)8/h3,7H,1-2,5H2/t3-/m0/s1. The van der Waals surface area contributed by atoms with Gasteiger partial charge in [-0.05, 0) is 0 Å². The van der Waals surface area contributed by atoms with E-state index in [1.807, 2.05) is 0 Å². The van der Waals surface area contributed by atoms with Gasteiger partial charge in [0.1, 0.15) is 6.10 Å². The van der Waals surface area contributed by atoms with Gasteiger partial charge in [0.15, 0.2) is 0 Å². The third kappa shape index (κ3) is 1.11. The molecule has 1 heterocycles. The third-order valence-corrected chi connectivity index (χ3v) is 1.11. The maximum atomic E-state index is 10.4. The van der Waals surface area contributed by atoms with Crippen LogP contribution in [0.2, 0.25) is 0 Å². The molecule has 0 aromatic carbocycles. The molecule has 0 aliphatic carbocycles. The number of rotatable bonds is 1. The van der Waals surface area contributed by atoms with Crippen molar-refractivity contribution in [3.63, 3.8) is 0 Å². The summed E-state index contributed by atoms with van der Waals surface area (Å²) in [6.07, 6.45) is -1.02. The lowest BCUT2D eigenvalue weighted by molar-refractivity contribution is 0.0948. The summed E-state index contributed by atoms with van der Waals surface area (Å²) in [7, 11) is 0. The van der Waals surface area contributed by atoms with Crippen LogP contribution in [0.15, 0.2) is 0 Å². The van der Waals surface area contributed by atoms with E-state index >= 15 is 0 Å². The molecule has 52 valence electrons. The second kappa shape index (κ2) is 2.20. The van der Waals surface area contributed by atoms with Crippen molar-refractivity contribution in [1.29, 1.82) is 0 Å². The topological polar surface area (TPSA) is 75.8 Å². The Morgan fingerprint density at radius 1 is 2.00 bits per heavy atom. The number of carbonyl (C=O) groups excluding carboxylic acids is 1. The van der Waals surface area contributed by atoms with Gasteiger partial charge in [0.25, 0.3) is 0 Å². The molecule has 1 atom stereocenters. The maximum Gasteiger partial charge on any atom is 0.424 e. The number of amides is 1. The molecule has 1 rings (SSSR count). The third-order valence-electron chi connectivity index (χ3n) is 1.11. The molecule has 0 saturated carbocycles. The molecule has 0 radical (unpaired) electrons. The van der Waals surface area contributed by atoms with Gasteiger partial charge in [-0.3, -0.25) is 0 Å². The minimum absolute atomic E-state index is 0.167. The van der Waals surface area contributed by atoms with E-state index in [2.05, 4.69) is 4.74 Å². The number of hydrazine groups is 1. The van der Waals surface area contributed by atoms with E-state index in [1.54, 1.807) is 0 Å². The summed E-state index contributed by atoms with van der Waals surface area (Å²) in [6, 6.07) is 0. The number of ether oxygens (including phenoxy) is 1. The number of aliphatic hydroxyl groups is 1. The monoisotopic (exact) mass is 132 g/mol. The van der Waals surface area contributed by atoms with Crippen molar-refractivity contribution in [2.75, 3.05) is 13.2 Å². The highest BCUT2D eigenvalue weighted by molar-refractivity contribution is 5.68. The van der Waals surface area contributed by atoms with Crippen LogP contribution in [0.25, 0.3) is 0 Å². The quantitative estimate of drug-likeness (QED) is 0.342. The van der Waals surface area contributed by atoms with Crippen molar-refractivity contribution in [3.8, 4) is 0 Å². The van der Waals surface area contributed by atoms with Crippen molar-refractivity contribution in [3.05, 3.63) is 0 Å². The molecule has 5 nitrogen and oxygen atoms in total. The molecule has 1 amide bonds. The van der Waals surface area contributed by atoms with Crippen molar-refractivity contribution in [2.24, 2.45) is 5.84 Å². The summed E-state index contributed by atoms with van der Waals surface area (Å²) in [5.74, 6) is 5.09. The summed E-state index contributed by atoms with van der Waals surface area (Å²) < 4.78 is 4.53. The maximum absolute atomic E-state index is 10.4. The summed E-state index contributed by atoms with van der Waals surface area (Å²) in [5, 5.41) is 9.37. The molecule has 9 heavy (non-hydrogen) atoms. The van der Waals surface area contributed by atoms with Crippen LogP contribution >= 0.6 is 0 Å². The molecule has 1 saturated heterocycles. The average Bonchev–Trinajstić information content (AvgIpc) is 2.13. The van der Waals surface area contributed by atoms with E-state index in [4.69, 9.17) is 10.9 Å². The highest BCUT2D eigenvalue weighted by Crippen LogP contribution is 2.04. The van der Waals surface area contributed by atoms with Crippen LogP contribution in [0.3, 0.4) is 0 Å². The molecule has 3 N–H and O–H groups in total. The first-order valence-electron chi connectivity index (χ1n) is 2.57. The van der Waals surface area contributed by atoms with E-state index < -0.39 is 12.2 Å². The van der Waals surface area contributed by atoms with Gasteiger partial charge in [0.2, 0.25) is 0 Å². The predicted octanol–water partition coefficient (Wildman–Crippen LogP) is -1.33. The number of cyclic esters (lactones) is 1. The lowest BCUT2D eigenvalue weighted by Gasteiger charge is -2.00. The van der Waals surface area contributed by atoms with Gasteiger partial charge in [-0.15, -0.1) is 0 Å². The zero-order valence-electron chi connectivity index (χ0n) is 4.78. The fourth-order valence-corrected chi connectivity index (χ4v) is 0.636. The van der Waals surface area contributed by atoms with Gasteiger partial charge in [-0.25, -0.2) is 15.6 Å². The second-order valence-corrected chi connectivity index (χ2v) is 1.84. The Kier molecular flexibility index (Phi) is 1.54. The Hall–Kier alpha value is -0.810. The summed E-state index contributed by atoms with van der Waals surface area (Å²) in [4.78, 5) is 10.4. The Balaban J connectivity index is 2.44. The number of aliphatic hydroxyl groups excluding tert-OH is 1.